The molecule has 2 aromatic carbocycles. The molecule has 2 amide bonds. The number of hydrogen-bond acceptors (Lipinski definition) is 7. The van der Waals surface area contributed by atoms with Gasteiger partial charge in [-0.25, -0.2) is 9.78 Å². The van der Waals surface area contributed by atoms with Crippen LogP contribution in [0.3, 0.4) is 0 Å². The largest absolute Gasteiger partial charge is 0.444 e. The lowest BCUT2D eigenvalue weighted by atomic mass is 10.1. The van der Waals surface area contributed by atoms with E-state index < -0.39 is 17.6 Å². The molecule has 0 saturated carbocycles. The summed E-state index contributed by atoms with van der Waals surface area (Å²) in [6.07, 6.45) is 2.65. The molecule has 1 saturated heterocycles. The summed E-state index contributed by atoms with van der Waals surface area (Å²) in [5.74, 6) is 6.09. The molecule has 9 nitrogen and oxygen atoms in total. The number of nitrogens with zero attached hydrogens (tertiary/aromatic N) is 3. The van der Waals surface area contributed by atoms with Gasteiger partial charge in [0.1, 0.15) is 12.1 Å². The fourth-order valence-electron chi connectivity index (χ4n) is 4.56. The molecule has 3 heterocycles. The molecular weight excluding hydrogens is 542 g/mol. The fraction of sp³-hybridized carbons (Fsp3) is 0.294. The van der Waals surface area contributed by atoms with Crippen LogP contribution in [0.15, 0.2) is 73.1 Å². The second kappa shape index (κ2) is 13.5. The fourth-order valence-corrected chi connectivity index (χ4v) is 4.56. The number of carbonyl (C=O) groups excluding carboxylic acids is 2. The van der Waals surface area contributed by atoms with Gasteiger partial charge in [0.2, 0.25) is 5.91 Å². The van der Waals surface area contributed by atoms with E-state index in [-0.39, 0.29) is 6.54 Å². The normalized spacial score (nSPS) is 13.6. The third kappa shape index (κ3) is 8.61. The predicted molar refractivity (Wildman–Crippen MR) is 166 cm³/mol. The topological polar surface area (TPSA) is 106 Å². The summed E-state index contributed by atoms with van der Waals surface area (Å²) in [6, 6.07) is 19.8. The standard InChI is InChI=1S/C34H35N5O4/c1-34(2,3)43-33(41)36-22-32(40)38-31-20-30(37-29-14-15-35-21-28(29)31)27-12-10-25(11-13-27)5-4-24-6-8-26(9-7-24)23-39-16-18-42-19-17-39/h6-15,20-21H,16-19,22-23H2,1-3H3,(H,36,41)(H,37,38,40). The van der Waals surface area contributed by atoms with E-state index in [2.05, 4.69) is 56.6 Å². The number of aromatic nitrogens is 2. The van der Waals surface area contributed by atoms with E-state index in [0.717, 1.165) is 49.5 Å². The van der Waals surface area contributed by atoms with Gasteiger partial charge in [0.05, 0.1) is 30.1 Å². The van der Waals surface area contributed by atoms with Crippen LogP contribution in [0.2, 0.25) is 0 Å². The summed E-state index contributed by atoms with van der Waals surface area (Å²) < 4.78 is 10.6. The maximum absolute atomic E-state index is 12.7. The molecule has 9 heteroatoms. The summed E-state index contributed by atoms with van der Waals surface area (Å²) in [5, 5.41) is 6.04. The predicted octanol–water partition coefficient (Wildman–Crippen LogP) is 4.99. The molecule has 0 aliphatic carbocycles. The lowest BCUT2D eigenvalue weighted by molar-refractivity contribution is -0.115. The first-order chi connectivity index (χ1) is 20.7. The summed E-state index contributed by atoms with van der Waals surface area (Å²) in [6.45, 7) is 9.48. The van der Waals surface area contributed by atoms with Crippen LogP contribution in [0.4, 0.5) is 10.5 Å². The third-order valence-electron chi connectivity index (χ3n) is 6.67. The Morgan fingerprint density at radius 2 is 1.65 bits per heavy atom. The number of rotatable bonds is 6. The summed E-state index contributed by atoms with van der Waals surface area (Å²) in [5.41, 5.74) is 5.25. The van der Waals surface area contributed by atoms with Gasteiger partial charge in [0.15, 0.2) is 0 Å². The first-order valence-corrected chi connectivity index (χ1v) is 14.2. The number of ether oxygens (including phenoxy) is 2. The minimum Gasteiger partial charge on any atom is -0.444 e. The van der Waals surface area contributed by atoms with Gasteiger partial charge in [-0.05, 0) is 62.7 Å². The van der Waals surface area contributed by atoms with Crippen LogP contribution >= 0.6 is 0 Å². The average molecular weight is 578 g/mol. The molecule has 1 aliphatic rings. The molecule has 0 unspecified atom stereocenters. The zero-order valence-corrected chi connectivity index (χ0v) is 24.6. The SMILES string of the molecule is CC(C)(C)OC(=O)NCC(=O)Nc1cc(-c2ccc(C#Cc3ccc(CN4CCOCC4)cc3)cc2)nc2ccncc12. The molecule has 5 rings (SSSR count). The van der Waals surface area contributed by atoms with Crippen molar-refractivity contribution in [3.63, 3.8) is 0 Å². The van der Waals surface area contributed by atoms with Crippen molar-refractivity contribution < 1.29 is 19.1 Å². The second-order valence-corrected chi connectivity index (χ2v) is 11.3. The molecule has 1 fully saturated rings. The molecule has 220 valence electrons. The number of carbonyl (C=O) groups is 2. The number of fused-ring (bicyclic) bond motifs is 1. The molecule has 0 radical (unpaired) electrons. The number of anilines is 1. The number of alkyl carbamates (subject to hydrolysis) is 1. The van der Waals surface area contributed by atoms with Crippen molar-refractivity contribution in [2.75, 3.05) is 38.2 Å². The monoisotopic (exact) mass is 577 g/mol. The average Bonchev–Trinajstić information content (AvgIpc) is 3.00. The van der Waals surface area contributed by atoms with Crippen LogP contribution in [-0.4, -0.2) is 65.3 Å². The maximum Gasteiger partial charge on any atom is 0.408 e. The molecule has 2 N–H and O–H groups in total. The molecule has 2 aromatic heterocycles. The van der Waals surface area contributed by atoms with Gasteiger partial charge in [0, 0.05) is 54.1 Å². The highest BCUT2D eigenvalue weighted by atomic mass is 16.6. The quantitative estimate of drug-likeness (QED) is 0.311. The summed E-state index contributed by atoms with van der Waals surface area (Å²) in [7, 11) is 0. The minimum absolute atomic E-state index is 0.238. The number of hydrogen-bond donors (Lipinski definition) is 2. The minimum atomic E-state index is -0.659. The van der Waals surface area contributed by atoms with Crippen LogP contribution in [0, 0.1) is 11.8 Å². The van der Waals surface area contributed by atoms with Crippen LogP contribution in [0.25, 0.3) is 22.2 Å². The molecule has 43 heavy (non-hydrogen) atoms. The lowest BCUT2D eigenvalue weighted by Crippen LogP contribution is -2.37. The number of benzene rings is 2. The van der Waals surface area contributed by atoms with E-state index in [9.17, 15) is 9.59 Å². The highest BCUT2D eigenvalue weighted by molar-refractivity contribution is 6.03. The third-order valence-corrected chi connectivity index (χ3v) is 6.67. The van der Waals surface area contributed by atoms with Crippen LogP contribution < -0.4 is 10.6 Å². The maximum atomic E-state index is 12.7. The van der Waals surface area contributed by atoms with Crippen LogP contribution in [0.1, 0.15) is 37.5 Å². The van der Waals surface area contributed by atoms with Crippen molar-refractivity contribution in [2.45, 2.75) is 32.9 Å². The van der Waals surface area contributed by atoms with Crippen molar-refractivity contribution in [3.05, 3.63) is 89.7 Å². The van der Waals surface area contributed by atoms with E-state index in [1.54, 1.807) is 45.3 Å². The van der Waals surface area contributed by atoms with Gasteiger partial charge in [-0.3, -0.25) is 14.7 Å². The van der Waals surface area contributed by atoms with E-state index in [1.807, 2.05) is 24.3 Å². The molecule has 1 aliphatic heterocycles. The molecule has 0 bridgehead atoms. The van der Waals surface area contributed by atoms with E-state index in [0.29, 0.717) is 22.3 Å². The molecule has 4 aromatic rings. The first kappa shape index (κ1) is 29.7. The Bertz CT molecular complexity index is 1650. The van der Waals surface area contributed by atoms with Crippen molar-refractivity contribution in [1.29, 1.82) is 0 Å². The van der Waals surface area contributed by atoms with Gasteiger partial charge in [-0.15, -0.1) is 0 Å². The Balaban J connectivity index is 1.26. The zero-order valence-electron chi connectivity index (χ0n) is 24.6. The van der Waals surface area contributed by atoms with Crippen LogP contribution in [0.5, 0.6) is 0 Å². The Kier molecular flexibility index (Phi) is 9.30. The zero-order chi connectivity index (χ0) is 30.2. The number of pyridine rings is 2. The van der Waals surface area contributed by atoms with Crippen molar-refractivity contribution in [1.82, 2.24) is 20.2 Å². The van der Waals surface area contributed by atoms with Crippen molar-refractivity contribution >= 4 is 28.6 Å². The number of nitrogens with one attached hydrogen (secondary N) is 2. The molecule has 0 spiro atoms. The van der Waals surface area contributed by atoms with E-state index in [1.165, 1.54) is 5.56 Å². The van der Waals surface area contributed by atoms with Crippen molar-refractivity contribution in [2.24, 2.45) is 0 Å². The molecule has 0 atom stereocenters. The molecular formula is C34H35N5O4. The first-order valence-electron chi connectivity index (χ1n) is 14.2. The van der Waals surface area contributed by atoms with Crippen LogP contribution in [-0.2, 0) is 20.8 Å². The summed E-state index contributed by atoms with van der Waals surface area (Å²) >= 11 is 0. The van der Waals surface area contributed by atoms with Gasteiger partial charge in [-0.1, -0.05) is 36.1 Å². The highest BCUT2D eigenvalue weighted by Crippen LogP contribution is 2.28. The van der Waals surface area contributed by atoms with Gasteiger partial charge in [-0.2, -0.15) is 0 Å². The van der Waals surface area contributed by atoms with E-state index in [4.69, 9.17) is 14.5 Å². The van der Waals surface area contributed by atoms with Gasteiger partial charge < -0.3 is 20.1 Å². The second-order valence-electron chi connectivity index (χ2n) is 11.3. The number of amides is 2. The highest BCUT2D eigenvalue weighted by Gasteiger charge is 2.17. The van der Waals surface area contributed by atoms with Gasteiger partial charge in [0.25, 0.3) is 0 Å². The number of morpholine rings is 1. The Hall–Kier alpha value is -4.78. The van der Waals surface area contributed by atoms with Crippen molar-refractivity contribution in [3.8, 4) is 23.1 Å². The van der Waals surface area contributed by atoms with Gasteiger partial charge >= 0.3 is 6.09 Å². The Morgan fingerprint density at radius 3 is 2.33 bits per heavy atom. The lowest BCUT2D eigenvalue weighted by Gasteiger charge is -2.26. The smallest absolute Gasteiger partial charge is 0.408 e. The Labute approximate surface area is 251 Å². The summed E-state index contributed by atoms with van der Waals surface area (Å²) in [4.78, 5) is 36.0. The Morgan fingerprint density at radius 1 is 0.977 bits per heavy atom. The van der Waals surface area contributed by atoms with E-state index >= 15 is 0 Å².